The third kappa shape index (κ3) is 4.31. The Kier molecular flexibility index (Phi) is 5.08. The fourth-order valence-electron chi connectivity index (χ4n) is 1.73. The van der Waals surface area contributed by atoms with Gasteiger partial charge in [0.25, 0.3) is 5.91 Å². The third-order valence-corrected chi connectivity index (χ3v) is 3.01. The number of hydrogen-bond donors (Lipinski definition) is 1. The summed E-state index contributed by atoms with van der Waals surface area (Å²) in [4.78, 5) is 28.4. The van der Waals surface area contributed by atoms with Crippen molar-refractivity contribution in [2.45, 2.75) is 6.92 Å². The number of ether oxygens (including phenoxy) is 1. The summed E-state index contributed by atoms with van der Waals surface area (Å²) in [6.07, 6.45) is 3.19. The van der Waals surface area contributed by atoms with Crippen molar-refractivity contribution in [1.82, 2.24) is 4.98 Å². The minimum atomic E-state index is -0.266. The van der Waals surface area contributed by atoms with Crippen LogP contribution in [0.4, 0.5) is 11.4 Å². The van der Waals surface area contributed by atoms with Gasteiger partial charge in [0.05, 0.1) is 11.9 Å². The molecule has 114 valence electrons. The quantitative estimate of drug-likeness (QED) is 0.917. The van der Waals surface area contributed by atoms with Crippen molar-refractivity contribution in [3.05, 3.63) is 48.8 Å². The first kappa shape index (κ1) is 15.5. The van der Waals surface area contributed by atoms with Gasteiger partial charge < -0.3 is 15.0 Å². The molecule has 0 aliphatic heterocycles. The molecule has 1 aromatic heterocycles. The molecule has 0 unspecified atom stereocenters. The van der Waals surface area contributed by atoms with Crippen molar-refractivity contribution in [3.8, 4) is 5.75 Å². The van der Waals surface area contributed by atoms with E-state index in [0.717, 1.165) is 5.69 Å². The maximum absolute atomic E-state index is 11.7. The zero-order chi connectivity index (χ0) is 15.9. The predicted molar refractivity (Wildman–Crippen MR) is 83.9 cm³/mol. The number of nitrogens with zero attached hydrogens (tertiary/aromatic N) is 2. The van der Waals surface area contributed by atoms with Gasteiger partial charge in [0, 0.05) is 25.9 Å². The van der Waals surface area contributed by atoms with E-state index in [1.54, 1.807) is 55.8 Å². The molecular formula is C16H17N3O3. The number of pyridine rings is 1. The lowest BCUT2D eigenvalue weighted by molar-refractivity contribution is -0.118. The normalized spacial score (nSPS) is 9.91. The van der Waals surface area contributed by atoms with E-state index in [9.17, 15) is 9.59 Å². The highest BCUT2D eigenvalue weighted by Gasteiger charge is 2.07. The molecule has 6 nitrogen and oxygen atoms in total. The largest absolute Gasteiger partial charge is 0.484 e. The maximum atomic E-state index is 11.7. The summed E-state index contributed by atoms with van der Waals surface area (Å²) < 4.78 is 5.40. The van der Waals surface area contributed by atoms with Gasteiger partial charge in [0.1, 0.15) is 5.75 Å². The van der Waals surface area contributed by atoms with Crippen LogP contribution in [0.15, 0.2) is 48.8 Å². The Bertz CT molecular complexity index is 641. The van der Waals surface area contributed by atoms with Gasteiger partial charge in [-0.2, -0.15) is 0 Å². The molecule has 0 saturated carbocycles. The lowest BCUT2D eigenvalue weighted by atomic mass is 10.3. The molecule has 22 heavy (non-hydrogen) atoms. The molecule has 0 aliphatic rings. The minimum absolute atomic E-state index is 0.0514. The Morgan fingerprint density at radius 1 is 1.23 bits per heavy atom. The number of rotatable bonds is 5. The van der Waals surface area contributed by atoms with E-state index >= 15 is 0 Å². The van der Waals surface area contributed by atoms with Crippen molar-refractivity contribution in [2.24, 2.45) is 0 Å². The van der Waals surface area contributed by atoms with Gasteiger partial charge in [0.2, 0.25) is 5.91 Å². The van der Waals surface area contributed by atoms with Crippen LogP contribution in [0.2, 0.25) is 0 Å². The molecule has 0 aliphatic carbocycles. The lowest BCUT2D eigenvalue weighted by Crippen LogP contribution is -2.22. The number of anilines is 2. The summed E-state index contributed by atoms with van der Waals surface area (Å²) in [5.41, 5.74) is 1.38. The van der Waals surface area contributed by atoms with Crippen molar-refractivity contribution in [2.75, 3.05) is 23.9 Å². The van der Waals surface area contributed by atoms with Crippen LogP contribution in [0.25, 0.3) is 0 Å². The van der Waals surface area contributed by atoms with E-state index in [1.807, 2.05) is 0 Å². The molecule has 2 amide bonds. The molecule has 0 bridgehead atoms. The number of carbonyl (C=O) groups excluding carboxylic acids is 2. The van der Waals surface area contributed by atoms with E-state index in [0.29, 0.717) is 11.4 Å². The highest BCUT2D eigenvalue weighted by Crippen LogP contribution is 2.18. The van der Waals surface area contributed by atoms with Gasteiger partial charge in [-0.25, -0.2) is 0 Å². The average Bonchev–Trinajstić information content (AvgIpc) is 2.53. The molecule has 0 atom stereocenters. The monoisotopic (exact) mass is 299 g/mol. The molecule has 1 aromatic carbocycles. The fourth-order valence-corrected chi connectivity index (χ4v) is 1.73. The fraction of sp³-hybridized carbons (Fsp3) is 0.188. The van der Waals surface area contributed by atoms with Crippen LogP contribution in [-0.2, 0) is 9.59 Å². The lowest BCUT2D eigenvalue weighted by Gasteiger charge is -2.15. The summed E-state index contributed by atoms with van der Waals surface area (Å²) in [6, 6.07) is 10.4. The highest BCUT2D eigenvalue weighted by molar-refractivity contribution is 5.92. The molecule has 0 fully saturated rings. The van der Waals surface area contributed by atoms with E-state index < -0.39 is 0 Å². The smallest absolute Gasteiger partial charge is 0.262 e. The Labute approximate surface area is 128 Å². The van der Waals surface area contributed by atoms with E-state index in [1.165, 1.54) is 11.8 Å². The molecule has 0 saturated heterocycles. The standard InChI is InChI=1S/C16H17N3O3/c1-12(20)19(2)14-5-7-15(8-6-14)22-11-16(21)18-13-4-3-9-17-10-13/h3-10H,11H2,1-2H3,(H,18,21). The number of amides is 2. The molecule has 2 rings (SSSR count). The second-order valence-electron chi connectivity index (χ2n) is 4.65. The van der Waals surface area contributed by atoms with E-state index in [2.05, 4.69) is 10.3 Å². The summed E-state index contributed by atoms with van der Waals surface area (Å²) in [7, 11) is 1.69. The summed E-state index contributed by atoms with van der Waals surface area (Å²) in [5.74, 6) is 0.240. The summed E-state index contributed by atoms with van der Waals surface area (Å²) in [6.45, 7) is 1.39. The van der Waals surface area contributed by atoms with Crippen molar-refractivity contribution >= 4 is 23.2 Å². The maximum Gasteiger partial charge on any atom is 0.262 e. The summed E-state index contributed by atoms with van der Waals surface area (Å²) >= 11 is 0. The van der Waals surface area contributed by atoms with Gasteiger partial charge in [-0.3, -0.25) is 14.6 Å². The van der Waals surface area contributed by atoms with Crippen LogP contribution in [0.3, 0.4) is 0 Å². The van der Waals surface area contributed by atoms with Crippen LogP contribution >= 0.6 is 0 Å². The third-order valence-electron chi connectivity index (χ3n) is 3.01. The van der Waals surface area contributed by atoms with Gasteiger partial charge in [0.15, 0.2) is 6.61 Å². The number of carbonyl (C=O) groups is 2. The number of hydrogen-bond acceptors (Lipinski definition) is 4. The second-order valence-corrected chi connectivity index (χ2v) is 4.65. The van der Waals surface area contributed by atoms with Crippen LogP contribution in [0.5, 0.6) is 5.75 Å². The van der Waals surface area contributed by atoms with E-state index in [4.69, 9.17) is 4.74 Å². The molecule has 1 N–H and O–H groups in total. The Morgan fingerprint density at radius 2 is 1.95 bits per heavy atom. The van der Waals surface area contributed by atoms with Gasteiger partial charge in [-0.05, 0) is 36.4 Å². The van der Waals surface area contributed by atoms with Crippen molar-refractivity contribution in [1.29, 1.82) is 0 Å². The SMILES string of the molecule is CC(=O)N(C)c1ccc(OCC(=O)Nc2cccnc2)cc1. The molecular weight excluding hydrogens is 282 g/mol. The van der Waals surface area contributed by atoms with Crippen molar-refractivity contribution in [3.63, 3.8) is 0 Å². The Hall–Kier alpha value is -2.89. The molecule has 2 aromatic rings. The summed E-state index contributed by atoms with van der Waals surface area (Å²) in [5, 5.41) is 2.68. The zero-order valence-corrected chi connectivity index (χ0v) is 12.4. The topological polar surface area (TPSA) is 71.5 Å². The highest BCUT2D eigenvalue weighted by atomic mass is 16.5. The van der Waals surface area contributed by atoms with Gasteiger partial charge in [-0.15, -0.1) is 0 Å². The molecule has 0 spiro atoms. The zero-order valence-electron chi connectivity index (χ0n) is 12.4. The minimum Gasteiger partial charge on any atom is -0.484 e. The first-order chi connectivity index (χ1) is 10.6. The van der Waals surface area contributed by atoms with Crippen LogP contribution in [-0.4, -0.2) is 30.5 Å². The number of nitrogens with one attached hydrogen (secondary N) is 1. The first-order valence-electron chi connectivity index (χ1n) is 6.73. The average molecular weight is 299 g/mol. The second kappa shape index (κ2) is 7.21. The Balaban J connectivity index is 1.86. The number of aromatic nitrogens is 1. The molecule has 0 radical (unpaired) electrons. The van der Waals surface area contributed by atoms with Gasteiger partial charge >= 0.3 is 0 Å². The number of benzene rings is 1. The van der Waals surface area contributed by atoms with E-state index in [-0.39, 0.29) is 18.4 Å². The molecule has 6 heteroatoms. The van der Waals surface area contributed by atoms with Gasteiger partial charge in [-0.1, -0.05) is 0 Å². The van der Waals surface area contributed by atoms with Crippen LogP contribution in [0, 0.1) is 0 Å². The van der Waals surface area contributed by atoms with Crippen molar-refractivity contribution < 1.29 is 14.3 Å². The predicted octanol–water partition coefficient (Wildman–Crippen LogP) is 2.08. The Morgan fingerprint density at radius 3 is 2.55 bits per heavy atom. The van der Waals surface area contributed by atoms with Crippen LogP contribution < -0.4 is 15.0 Å². The first-order valence-corrected chi connectivity index (χ1v) is 6.73. The molecule has 1 heterocycles. The van der Waals surface area contributed by atoms with Crippen LogP contribution in [0.1, 0.15) is 6.92 Å².